The minimum absolute atomic E-state index is 0.201. The van der Waals surface area contributed by atoms with Gasteiger partial charge in [0.2, 0.25) is 0 Å². The molecule has 0 bridgehead atoms. The van der Waals surface area contributed by atoms with Crippen LogP contribution in [0.25, 0.3) is 0 Å². The van der Waals surface area contributed by atoms with Gasteiger partial charge in [0.25, 0.3) is 0 Å². The molecule has 0 amide bonds. The Hall–Kier alpha value is -0.905. The first-order chi connectivity index (χ1) is 8.52. The van der Waals surface area contributed by atoms with E-state index in [1.54, 1.807) is 6.07 Å². The summed E-state index contributed by atoms with van der Waals surface area (Å²) in [6.45, 7) is 3.73. The van der Waals surface area contributed by atoms with Gasteiger partial charge < -0.3 is 14.9 Å². The molecule has 0 aliphatic heterocycles. The monoisotopic (exact) mass is 253 g/mol. The van der Waals surface area contributed by atoms with E-state index in [0.717, 1.165) is 24.6 Å². The fraction of sp³-hybridized carbons (Fsp3) is 0.538. The lowest BCUT2D eigenvalue weighted by molar-refractivity contribution is 0.317. The van der Waals surface area contributed by atoms with Crippen molar-refractivity contribution >= 4 is 12.6 Å². The summed E-state index contributed by atoms with van der Waals surface area (Å²) in [6, 6.07) is 4.21. The van der Waals surface area contributed by atoms with Crippen molar-refractivity contribution in [1.82, 2.24) is 4.90 Å². The predicted octanol–water partition coefficient (Wildman–Crippen LogP) is 1.13. The maximum Gasteiger partial charge on any atom is 0.488 e. The summed E-state index contributed by atoms with van der Waals surface area (Å²) in [7, 11) is 0.361. The molecular weight excluding hydrogens is 232 g/mol. The molecule has 2 N–H and O–H groups in total. The number of nitrogens with zero attached hydrogens (tertiary/aromatic N) is 1. The van der Waals surface area contributed by atoms with Gasteiger partial charge in [-0.15, -0.1) is 0 Å². The number of rotatable bonds is 7. The minimum atomic E-state index is -1.62. The van der Waals surface area contributed by atoms with Gasteiger partial charge in [-0.2, -0.15) is 0 Å². The SMILES string of the molecule is CCCCCN(C)Cc1cc(F)cc(B(O)O)c1. The summed E-state index contributed by atoms with van der Waals surface area (Å²) in [4.78, 5) is 2.11. The number of hydrogen-bond acceptors (Lipinski definition) is 3. The van der Waals surface area contributed by atoms with E-state index in [9.17, 15) is 4.39 Å². The molecule has 0 aliphatic rings. The Morgan fingerprint density at radius 1 is 1.22 bits per heavy atom. The van der Waals surface area contributed by atoms with Crippen LogP contribution < -0.4 is 5.46 Å². The van der Waals surface area contributed by atoms with Crippen molar-refractivity contribution in [2.45, 2.75) is 32.7 Å². The van der Waals surface area contributed by atoms with Crippen LogP contribution in [0.2, 0.25) is 0 Å². The van der Waals surface area contributed by atoms with Gasteiger partial charge >= 0.3 is 7.12 Å². The van der Waals surface area contributed by atoms with Crippen LogP contribution in [0, 0.1) is 5.82 Å². The molecule has 1 aromatic carbocycles. The van der Waals surface area contributed by atoms with Crippen LogP contribution in [0.15, 0.2) is 18.2 Å². The van der Waals surface area contributed by atoms with E-state index in [2.05, 4.69) is 11.8 Å². The normalized spacial score (nSPS) is 11.0. The Balaban J connectivity index is 2.60. The van der Waals surface area contributed by atoms with Gasteiger partial charge in [-0.1, -0.05) is 25.8 Å². The van der Waals surface area contributed by atoms with E-state index in [-0.39, 0.29) is 5.46 Å². The molecule has 0 unspecified atom stereocenters. The molecule has 0 aliphatic carbocycles. The molecule has 0 saturated carbocycles. The first-order valence-corrected chi connectivity index (χ1v) is 6.37. The highest BCUT2D eigenvalue weighted by Gasteiger charge is 2.13. The lowest BCUT2D eigenvalue weighted by Crippen LogP contribution is -2.31. The Morgan fingerprint density at radius 3 is 2.56 bits per heavy atom. The van der Waals surface area contributed by atoms with E-state index in [1.807, 2.05) is 7.05 Å². The Kier molecular flexibility index (Phi) is 6.32. The van der Waals surface area contributed by atoms with Gasteiger partial charge in [0.05, 0.1) is 0 Å². The summed E-state index contributed by atoms with van der Waals surface area (Å²) >= 11 is 0. The van der Waals surface area contributed by atoms with Crippen molar-refractivity contribution in [2.75, 3.05) is 13.6 Å². The number of unbranched alkanes of at least 4 members (excludes halogenated alkanes) is 2. The average Bonchev–Trinajstić information content (AvgIpc) is 2.28. The molecule has 0 aromatic heterocycles. The predicted molar refractivity (Wildman–Crippen MR) is 72.1 cm³/mol. The largest absolute Gasteiger partial charge is 0.488 e. The minimum Gasteiger partial charge on any atom is -0.423 e. The number of hydrogen-bond donors (Lipinski definition) is 2. The highest BCUT2D eigenvalue weighted by Crippen LogP contribution is 2.06. The Bertz CT molecular complexity index is 374. The van der Waals surface area contributed by atoms with Crippen LogP contribution in [-0.4, -0.2) is 35.7 Å². The van der Waals surface area contributed by atoms with Gasteiger partial charge in [0, 0.05) is 6.54 Å². The van der Waals surface area contributed by atoms with Crippen molar-refractivity contribution in [3.63, 3.8) is 0 Å². The van der Waals surface area contributed by atoms with Gasteiger partial charge in [-0.05, 0) is 43.2 Å². The van der Waals surface area contributed by atoms with Gasteiger partial charge in [0.1, 0.15) is 5.82 Å². The van der Waals surface area contributed by atoms with E-state index in [0.29, 0.717) is 6.54 Å². The highest BCUT2D eigenvalue weighted by atomic mass is 19.1. The van der Waals surface area contributed by atoms with Crippen molar-refractivity contribution in [2.24, 2.45) is 0 Å². The zero-order chi connectivity index (χ0) is 13.5. The highest BCUT2D eigenvalue weighted by molar-refractivity contribution is 6.58. The summed E-state index contributed by atoms with van der Waals surface area (Å²) in [5, 5.41) is 18.1. The quantitative estimate of drug-likeness (QED) is 0.565. The second kappa shape index (κ2) is 7.51. The molecule has 1 rings (SSSR count). The van der Waals surface area contributed by atoms with Crippen LogP contribution in [0.5, 0.6) is 0 Å². The van der Waals surface area contributed by atoms with E-state index < -0.39 is 12.9 Å². The smallest absolute Gasteiger partial charge is 0.423 e. The summed E-state index contributed by atoms with van der Waals surface area (Å²) in [6.07, 6.45) is 3.49. The van der Waals surface area contributed by atoms with Crippen LogP contribution in [0.1, 0.15) is 31.7 Å². The molecule has 0 heterocycles. The Labute approximate surface area is 108 Å². The lowest BCUT2D eigenvalue weighted by Gasteiger charge is -2.17. The molecule has 0 atom stereocenters. The standard InChI is InChI=1S/C13H21BFNO2/c1-3-4-5-6-16(2)10-11-7-12(14(17)18)9-13(15)8-11/h7-9,17-18H,3-6,10H2,1-2H3. The first-order valence-electron chi connectivity index (χ1n) is 6.37. The maximum absolute atomic E-state index is 13.3. The molecule has 5 heteroatoms. The summed E-state index contributed by atoms with van der Waals surface area (Å²) in [5.74, 6) is -0.433. The van der Waals surface area contributed by atoms with Crippen LogP contribution in [-0.2, 0) is 6.54 Å². The molecule has 0 radical (unpaired) electrons. The topological polar surface area (TPSA) is 43.7 Å². The zero-order valence-electron chi connectivity index (χ0n) is 11.1. The van der Waals surface area contributed by atoms with Gasteiger partial charge in [-0.25, -0.2) is 4.39 Å². The van der Waals surface area contributed by atoms with Crippen LogP contribution in [0.4, 0.5) is 4.39 Å². The van der Waals surface area contributed by atoms with Crippen molar-refractivity contribution in [1.29, 1.82) is 0 Å². The maximum atomic E-state index is 13.3. The Morgan fingerprint density at radius 2 is 1.94 bits per heavy atom. The molecule has 0 spiro atoms. The fourth-order valence-electron chi connectivity index (χ4n) is 1.94. The van der Waals surface area contributed by atoms with Crippen molar-refractivity contribution < 1.29 is 14.4 Å². The molecule has 18 heavy (non-hydrogen) atoms. The second-order valence-electron chi connectivity index (χ2n) is 4.71. The number of benzene rings is 1. The van der Waals surface area contributed by atoms with Crippen molar-refractivity contribution in [3.05, 3.63) is 29.6 Å². The van der Waals surface area contributed by atoms with Crippen LogP contribution >= 0.6 is 0 Å². The second-order valence-corrected chi connectivity index (χ2v) is 4.71. The third kappa shape index (κ3) is 5.17. The fourth-order valence-corrected chi connectivity index (χ4v) is 1.94. The van der Waals surface area contributed by atoms with E-state index in [4.69, 9.17) is 10.0 Å². The summed E-state index contributed by atoms with van der Waals surface area (Å²) in [5.41, 5.74) is 0.962. The molecule has 100 valence electrons. The van der Waals surface area contributed by atoms with Gasteiger partial charge in [-0.3, -0.25) is 0 Å². The average molecular weight is 253 g/mol. The molecular formula is C13H21BFNO2. The van der Waals surface area contributed by atoms with Gasteiger partial charge in [0.15, 0.2) is 0 Å². The van der Waals surface area contributed by atoms with E-state index >= 15 is 0 Å². The number of halogens is 1. The third-order valence-corrected chi connectivity index (χ3v) is 2.87. The molecule has 0 saturated heterocycles. The van der Waals surface area contributed by atoms with Crippen LogP contribution in [0.3, 0.4) is 0 Å². The zero-order valence-corrected chi connectivity index (χ0v) is 11.1. The third-order valence-electron chi connectivity index (χ3n) is 2.87. The molecule has 3 nitrogen and oxygen atoms in total. The molecule has 0 fully saturated rings. The summed E-state index contributed by atoms with van der Waals surface area (Å²) < 4.78 is 13.3. The first kappa shape index (κ1) is 15.2. The lowest BCUT2D eigenvalue weighted by atomic mass is 9.79. The van der Waals surface area contributed by atoms with E-state index in [1.165, 1.54) is 18.9 Å². The van der Waals surface area contributed by atoms with Crippen molar-refractivity contribution in [3.8, 4) is 0 Å². The molecule has 1 aromatic rings.